The first kappa shape index (κ1) is 22.1. The van der Waals surface area contributed by atoms with Gasteiger partial charge in [-0.1, -0.05) is 90.9 Å². The van der Waals surface area contributed by atoms with Gasteiger partial charge in [0.25, 0.3) is 0 Å². The summed E-state index contributed by atoms with van der Waals surface area (Å²) >= 11 is 0. The summed E-state index contributed by atoms with van der Waals surface area (Å²) in [5.74, 6) is 0. The van der Waals surface area contributed by atoms with Crippen LogP contribution in [0.1, 0.15) is 104 Å². The molecule has 4 heteroatoms. The third kappa shape index (κ3) is 16.5. The molecule has 3 nitrogen and oxygen atoms in total. The molecule has 22 heavy (non-hydrogen) atoms. The molecule has 0 aromatic rings. The van der Waals surface area contributed by atoms with Crippen molar-refractivity contribution in [3.05, 3.63) is 0 Å². The van der Waals surface area contributed by atoms with Gasteiger partial charge in [0.15, 0.2) is 0 Å². The Balaban J connectivity index is 3.36. The predicted octanol–water partition coefficient (Wildman–Crippen LogP) is 6.69. The van der Waals surface area contributed by atoms with Gasteiger partial charge in [-0.05, 0) is 12.8 Å². The SMILES string of the molecule is CCCCCCCCCCP(=O)(O)OCCCCCCCC. The van der Waals surface area contributed by atoms with Gasteiger partial charge in [0.2, 0.25) is 0 Å². The maximum absolute atomic E-state index is 11.9. The number of hydrogen-bond acceptors (Lipinski definition) is 2. The van der Waals surface area contributed by atoms with E-state index in [0.29, 0.717) is 12.8 Å². The van der Waals surface area contributed by atoms with Gasteiger partial charge in [-0.2, -0.15) is 0 Å². The van der Waals surface area contributed by atoms with Crippen molar-refractivity contribution in [2.24, 2.45) is 0 Å². The van der Waals surface area contributed by atoms with Crippen LogP contribution in [-0.2, 0) is 9.09 Å². The monoisotopic (exact) mass is 334 g/mol. The second-order valence-corrected chi connectivity index (χ2v) is 8.42. The maximum atomic E-state index is 11.9. The van der Waals surface area contributed by atoms with E-state index in [1.165, 1.54) is 64.2 Å². The molecule has 1 unspecified atom stereocenters. The van der Waals surface area contributed by atoms with Crippen LogP contribution in [-0.4, -0.2) is 17.7 Å². The highest BCUT2D eigenvalue weighted by Crippen LogP contribution is 2.43. The first-order chi connectivity index (χ1) is 10.6. The molecule has 0 spiro atoms. The van der Waals surface area contributed by atoms with E-state index in [1.54, 1.807) is 0 Å². The Morgan fingerprint density at radius 1 is 0.682 bits per heavy atom. The molecule has 0 aliphatic carbocycles. The van der Waals surface area contributed by atoms with Crippen molar-refractivity contribution >= 4 is 7.60 Å². The fraction of sp³-hybridized carbons (Fsp3) is 1.00. The highest BCUT2D eigenvalue weighted by atomic mass is 31.2. The summed E-state index contributed by atoms with van der Waals surface area (Å²) in [6.07, 6.45) is 16.9. The summed E-state index contributed by atoms with van der Waals surface area (Å²) in [6, 6.07) is 0. The molecule has 1 N–H and O–H groups in total. The number of hydrogen-bond donors (Lipinski definition) is 1. The Kier molecular flexibility index (Phi) is 16.1. The molecule has 0 aliphatic rings. The van der Waals surface area contributed by atoms with Crippen LogP contribution in [0.3, 0.4) is 0 Å². The maximum Gasteiger partial charge on any atom is 0.328 e. The van der Waals surface area contributed by atoms with E-state index in [1.807, 2.05) is 0 Å². The Morgan fingerprint density at radius 2 is 1.09 bits per heavy atom. The van der Waals surface area contributed by atoms with E-state index in [0.717, 1.165) is 25.7 Å². The van der Waals surface area contributed by atoms with Crippen LogP contribution < -0.4 is 0 Å². The zero-order valence-electron chi connectivity index (χ0n) is 15.0. The summed E-state index contributed by atoms with van der Waals surface area (Å²) < 4.78 is 17.1. The molecular formula is C18H39O3P. The summed E-state index contributed by atoms with van der Waals surface area (Å²) in [4.78, 5) is 9.76. The molecule has 0 saturated heterocycles. The molecule has 0 aromatic heterocycles. The molecule has 0 radical (unpaired) electrons. The fourth-order valence-electron chi connectivity index (χ4n) is 2.60. The second-order valence-electron chi connectivity index (χ2n) is 6.44. The van der Waals surface area contributed by atoms with E-state index < -0.39 is 7.60 Å². The average molecular weight is 334 g/mol. The van der Waals surface area contributed by atoms with E-state index in [-0.39, 0.29) is 0 Å². The van der Waals surface area contributed by atoms with Crippen molar-refractivity contribution in [3.63, 3.8) is 0 Å². The van der Waals surface area contributed by atoms with Crippen LogP contribution in [0.25, 0.3) is 0 Å². The lowest BCUT2D eigenvalue weighted by atomic mass is 10.1. The summed E-state index contributed by atoms with van der Waals surface area (Å²) in [6.45, 7) is 4.87. The average Bonchev–Trinajstić information content (AvgIpc) is 2.49. The van der Waals surface area contributed by atoms with Crippen molar-refractivity contribution < 1.29 is 14.0 Å². The quantitative estimate of drug-likeness (QED) is 0.238. The summed E-state index contributed by atoms with van der Waals surface area (Å²) in [7, 11) is -3.32. The van der Waals surface area contributed by atoms with E-state index in [2.05, 4.69) is 13.8 Å². The van der Waals surface area contributed by atoms with Gasteiger partial charge in [0.05, 0.1) is 6.61 Å². The van der Waals surface area contributed by atoms with Gasteiger partial charge < -0.3 is 9.42 Å². The molecular weight excluding hydrogens is 295 g/mol. The minimum atomic E-state index is -3.32. The molecule has 1 atom stereocenters. The molecule has 0 aliphatic heterocycles. The Morgan fingerprint density at radius 3 is 1.59 bits per heavy atom. The van der Waals surface area contributed by atoms with Crippen LogP contribution in [0, 0.1) is 0 Å². The third-order valence-corrected chi connectivity index (χ3v) is 5.55. The van der Waals surface area contributed by atoms with Gasteiger partial charge in [-0.15, -0.1) is 0 Å². The van der Waals surface area contributed by atoms with Gasteiger partial charge in [0.1, 0.15) is 0 Å². The fourth-order valence-corrected chi connectivity index (χ4v) is 3.77. The van der Waals surface area contributed by atoms with Crippen LogP contribution in [0.15, 0.2) is 0 Å². The van der Waals surface area contributed by atoms with E-state index >= 15 is 0 Å². The lowest BCUT2D eigenvalue weighted by Crippen LogP contribution is -1.97. The molecule has 0 rings (SSSR count). The van der Waals surface area contributed by atoms with Gasteiger partial charge >= 0.3 is 7.60 Å². The zero-order valence-corrected chi connectivity index (χ0v) is 15.9. The first-order valence-electron chi connectivity index (χ1n) is 9.58. The molecule has 134 valence electrons. The molecule has 0 fully saturated rings. The minimum Gasteiger partial charge on any atom is -0.324 e. The van der Waals surface area contributed by atoms with Crippen molar-refractivity contribution in [2.45, 2.75) is 104 Å². The highest BCUT2D eigenvalue weighted by molar-refractivity contribution is 7.52. The van der Waals surface area contributed by atoms with Gasteiger partial charge in [0, 0.05) is 6.16 Å². The predicted molar refractivity (Wildman–Crippen MR) is 96.6 cm³/mol. The smallest absolute Gasteiger partial charge is 0.324 e. The van der Waals surface area contributed by atoms with Gasteiger partial charge in [-0.25, -0.2) is 0 Å². The van der Waals surface area contributed by atoms with Crippen LogP contribution >= 0.6 is 7.60 Å². The topological polar surface area (TPSA) is 46.5 Å². The van der Waals surface area contributed by atoms with E-state index in [9.17, 15) is 9.46 Å². The molecule has 0 saturated carbocycles. The van der Waals surface area contributed by atoms with Crippen molar-refractivity contribution in [2.75, 3.05) is 12.8 Å². The molecule has 0 aromatic carbocycles. The zero-order chi connectivity index (χ0) is 16.5. The largest absolute Gasteiger partial charge is 0.328 e. The molecule has 0 bridgehead atoms. The van der Waals surface area contributed by atoms with Crippen LogP contribution in [0.2, 0.25) is 0 Å². The van der Waals surface area contributed by atoms with Crippen LogP contribution in [0.4, 0.5) is 0 Å². The number of rotatable bonds is 17. The number of unbranched alkanes of at least 4 members (excludes halogenated alkanes) is 12. The van der Waals surface area contributed by atoms with Gasteiger partial charge in [-0.3, -0.25) is 4.57 Å². The molecule has 0 heterocycles. The Hall–Kier alpha value is 0.150. The summed E-state index contributed by atoms with van der Waals surface area (Å²) in [5.41, 5.74) is 0. The lowest BCUT2D eigenvalue weighted by molar-refractivity contribution is 0.252. The Bertz CT molecular complexity index is 269. The Labute approximate surface area is 138 Å². The minimum absolute atomic E-state index is 0.331. The van der Waals surface area contributed by atoms with Crippen molar-refractivity contribution in [1.82, 2.24) is 0 Å². The van der Waals surface area contributed by atoms with E-state index in [4.69, 9.17) is 4.52 Å². The standard InChI is InChI=1S/C18H39O3P/c1-3-5-7-9-11-12-14-16-18-22(19,20)21-17-15-13-10-8-6-4-2/h3-18H2,1-2H3,(H,19,20). The highest BCUT2D eigenvalue weighted by Gasteiger charge is 2.17. The third-order valence-electron chi connectivity index (χ3n) is 4.09. The van der Waals surface area contributed by atoms with Crippen LogP contribution in [0.5, 0.6) is 0 Å². The lowest BCUT2D eigenvalue weighted by Gasteiger charge is -2.12. The normalized spacial score (nSPS) is 14.1. The van der Waals surface area contributed by atoms with Crippen molar-refractivity contribution in [1.29, 1.82) is 0 Å². The second kappa shape index (κ2) is 16.0. The first-order valence-corrected chi connectivity index (χ1v) is 11.3. The van der Waals surface area contributed by atoms with Crippen molar-refractivity contribution in [3.8, 4) is 0 Å². The molecule has 0 amide bonds. The summed E-state index contributed by atoms with van der Waals surface area (Å²) in [5, 5.41) is 0.